The molecule has 1 saturated heterocycles. The fourth-order valence-corrected chi connectivity index (χ4v) is 4.71. The van der Waals surface area contributed by atoms with Gasteiger partial charge < -0.3 is 10.2 Å². The first-order chi connectivity index (χ1) is 12.5. The van der Waals surface area contributed by atoms with Crippen molar-refractivity contribution >= 4 is 16.1 Å². The zero-order valence-corrected chi connectivity index (χ0v) is 16.7. The van der Waals surface area contributed by atoms with E-state index in [1.165, 1.54) is 0 Å². The number of carbonyl (C=O) groups excluding carboxylic acids is 1. The molecule has 0 radical (unpaired) electrons. The number of urea groups is 1. The van der Waals surface area contributed by atoms with Crippen LogP contribution < -0.4 is 5.32 Å². The Hall–Kier alpha value is -1.60. The Morgan fingerprint density at radius 2 is 1.62 bits per heavy atom. The number of benzene rings is 1. The molecule has 1 aliphatic rings. The lowest BCUT2D eigenvalue weighted by Crippen LogP contribution is -2.40. The van der Waals surface area contributed by atoms with Crippen molar-refractivity contribution < 1.29 is 13.2 Å². The third kappa shape index (κ3) is 5.45. The van der Waals surface area contributed by atoms with Crippen LogP contribution in [0.25, 0.3) is 0 Å². The van der Waals surface area contributed by atoms with Crippen LogP contribution in [0.3, 0.4) is 0 Å². The minimum absolute atomic E-state index is 0.0599. The van der Waals surface area contributed by atoms with E-state index in [4.69, 9.17) is 0 Å². The van der Waals surface area contributed by atoms with Crippen molar-refractivity contribution in [3.8, 4) is 0 Å². The van der Waals surface area contributed by atoms with E-state index in [0.717, 1.165) is 31.2 Å². The van der Waals surface area contributed by atoms with Crippen molar-refractivity contribution in [3.63, 3.8) is 0 Å². The molecule has 1 heterocycles. The fraction of sp³-hybridized carbons (Fsp3) is 0.632. The molecule has 1 N–H and O–H groups in total. The van der Waals surface area contributed by atoms with Crippen molar-refractivity contribution in [2.24, 2.45) is 0 Å². The zero-order valence-electron chi connectivity index (χ0n) is 15.9. The van der Waals surface area contributed by atoms with Crippen LogP contribution in [0, 0.1) is 0 Å². The van der Waals surface area contributed by atoms with Crippen molar-refractivity contribution in [3.05, 3.63) is 29.8 Å². The highest BCUT2D eigenvalue weighted by atomic mass is 32.2. The molecule has 0 atom stereocenters. The molecule has 0 aromatic heterocycles. The van der Waals surface area contributed by atoms with Gasteiger partial charge in [0.05, 0.1) is 4.90 Å². The van der Waals surface area contributed by atoms with Gasteiger partial charge in [0.1, 0.15) is 0 Å². The second-order valence-electron chi connectivity index (χ2n) is 6.62. The number of hydrogen-bond acceptors (Lipinski definition) is 3. The van der Waals surface area contributed by atoms with Crippen LogP contribution in [0.4, 0.5) is 4.79 Å². The summed E-state index contributed by atoms with van der Waals surface area (Å²) in [4.78, 5) is 14.0. The predicted octanol–water partition coefficient (Wildman–Crippen LogP) is 2.85. The number of nitrogens with zero attached hydrogens (tertiary/aromatic N) is 2. The molecule has 1 fully saturated rings. The Morgan fingerprint density at radius 1 is 1.04 bits per heavy atom. The molecule has 7 heteroatoms. The maximum Gasteiger partial charge on any atom is 0.317 e. The minimum atomic E-state index is -3.40. The minimum Gasteiger partial charge on any atom is -0.338 e. The average Bonchev–Trinajstić information content (AvgIpc) is 2.93. The molecule has 0 bridgehead atoms. The van der Waals surface area contributed by atoms with E-state index in [-0.39, 0.29) is 6.03 Å². The number of rotatable bonds is 7. The van der Waals surface area contributed by atoms with Crippen LogP contribution in [0.1, 0.15) is 45.1 Å². The van der Waals surface area contributed by atoms with Gasteiger partial charge in [0, 0.05) is 32.7 Å². The first-order valence-corrected chi connectivity index (χ1v) is 11.0. The number of carbonyl (C=O) groups is 1. The van der Waals surface area contributed by atoms with Crippen molar-refractivity contribution in [2.75, 3.05) is 32.7 Å². The van der Waals surface area contributed by atoms with Gasteiger partial charge in [0.2, 0.25) is 10.0 Å². The predicted molar refractivity (Wildman–Crippen MR) is 104 cm³/mol. The number of amides is 2. The van der Waals surface area contributed by atoms with Gasteiger partial charge in [-0.25, -0.2) is 13.2 Å². The van der Waals surface area contributed by atoms with Gasteiger partial charge in [-0.3, -0.25) is 0 Å². The standard InChI is InChI=1S/C19H31N3O3S/c1-3-21(4-2)19(23)20-14-13-17-9-11-18(12-10-17)26(24,25)22-15-7-5-6-8-16-22/h9-12H,3-8,13-16H2,1-2H3,(H,20,23). The average molecular weight is 382 g/mol. The summed E-state index contributed by atoms with van der Waals surface area (Å²) in [6, 6.07) is 6.99. The monoisotopic (exact) mass is 381 g/mol. The molecule has 0 aliphatic carbocycles. The van der Waals surface area contributed by atoms with Crippen LogP contribution in [0.5, 0.6) is 0 Å². The van der Waals surface area contributed by atoms with Crippen LogP contribution in [0.2, 0.25) is 0 Å². The summed E-state index contributed by atoms with van der Waals surface area (Å²) in [6.07, 6.45) is 4.75. The SMILES string of the molecule is CCN(CC)C(=O)NCCc1ccc(S(=O)(=O)N2CCCCCC2)cc1. The summed E-state index contributed by atoms with van der Waals surface area (Å²) in [6.45, 7) is 7.03. The highest BCUT2D eigenvalue weighted by Gasteiger charge is 2.24. The first kappa shape index (κ1) is 20.7. The van der Waals surface area contributed by atoms with E-state index in [1.54, 1.807) is 21.3 Å². The van der Waals surface area contributed by atoms with E-state index in [9.17, 15) is 13.2 Å². The molecule has 0 saturated carbocycles. The Labute approximate surface area is 157 Å². The van der Waals surface area contributed by atoms with E-state index >= 15 is 0 Å². The third-order valence-electron chi connectivity index (χ3n) is 4.87. The summed E-state index contributed by atoms with van der Waals surface area (Å²) < 4.78 is 27.1. The van der Waals surface area contributed by atoms with E-state index in [0.29, 0.717) is 44.0 Å². The summed E-state index contributed by atoms with van der Waals surface area (Å²) in [5.74, 6) is 0. The molecule has 1 aromatic rings. The largest absolute Gasteiger partial charge is 0.338 e. The van der Waals surface area contributed by atoms with Crippen molar-refractivity contribution in [1.82, 2.24) is 14.5 Å². The second kappa shape index (κ2) is 9.92. The molecular weight excluding hydrogens is 350 g/mol. The molecule has 26 heavy (non-hydrogen) atoms. The lowest BCUT2D eigenvalue weighted by atomic mass is 10.1. The van der Waals surface area contributed by atoms with Crippen LogP contribution in [-0.4, -0.2) is 56.4 Å². The second-order valence-corrected chi connectivity index (χ2v) is 8.55. The van der Waals surface area contributed by atoms with Gasteiger partial charge in [-0.1, -0.05) is 25.0 Å². The van der Waals surface area contributed by atoms with Crippen LogP contribution >= 0.6 is 0 Å². The third-order valence-corrected chi connectivity index (χ3v) is 6.78. The normalized spacial score (nSPS) is 16.1. The van der Waals surface area contributed by atoms with Gasteiger partial charge in [0.25, 0.3) is 0 Å². The Kier molecular flexibility index (Phi) is 7.90. The van der Waals surface area contributed by atoms with Gasteiger partial charge in [-0.2, -0.15) is 4.31 Å². The lowest BCUT2D eigenvalue weighted by molar-refractivity contribution is 0.203. The van der Waals surface area contributed by atoms with Crippen molar-refractivity contribution in [2.45, 2.75) is 50.8 Å². The Balaban J connectivity index is 1.92. The molecule has 0 unspecified atom stereocenters. The maximum atomic E-state index is 12.8. The molecular formula is C19H31N3O3S. The molecule has 0 spiro atoms. The van der Waals surface area contributed by atoms with Gasteiger partial charge in [-0.15, -0.1) is 0 Å². The molecule has 2 amide bonds. The smallest absolute Gasteiger partial charge is 0.317 e. The Morgan fingerprint density at radius 3 is 2.15 bits per heavy atom. The van der Waals surface area contributed by atoms with E-state index in [1.807, 2.05) is 26.0 Å². The summed E-state index contributed by atoms with van der Waals surface area (Å²) in [7, 11) is -3.40. The summed E-state index contributed by atoms with van der Waals surface area (Å²) in [5, 5.41) is 2.90. The van der Waals surface area contributed by atoms with Crippen molar-refractivity contribution in [1.29, 1.82) is 0 Å². The fourth-order valence-electron chi connectivity index (χ4n) is 3.20. The maximum absolute atomic E-state index is 12.8. The summed E-state index contributed by atoms with van der Waals surface area (Å²) >= 11 is 0. The lowest BCUT2D eigenvalue weighted by Gasteiger charge is -2.20. The number of sulfonamides is 1. The zero-order chi connectivity index (χ0) is 19.0. The van der Waals surface area contributed by atoms with Gasteiger partial charge in [0.15, 0.2) is 0 Å². The number of nitrogens with one attached hydrogen (secondary N) is 1. The van der Waals surface area contributed by atoms with Crippen LogP contribution in [-0.2, 0) is 16.4 Å². The van der Waals surface area contributed by atoms with Gasteiger partial charge in [-0.05, 0) is 50.8 Å². The molecule has 6 nitrogen and oxygen atoms in total. The molecule has 2 rings (SSSR count). The van der Waals surface area contributed by atoms with Crippen LogP contribution in [0.15, 0.2) is 29.2 Å². The highest BCUT2D eigenvalue weighted by Crippen LogP contribution is 2.20. The van der Waals surface area contributed by atoms with E-state index < -0.39 is 10.0 Å². The summed E-state index contributed by atoms with van der Waals surface area (Å²) in [5.41, 5.74) is 1.01. The van der Waals surface area contributed by atoms with Gasteiger partial charge >= 0.3 is 6.03 Å². The Bertz CT molecular complexity index is 662. The molecule has 146 valence electrons. The number of hydrogen-bond donors (Lipinski definition) is 1. The molecule has 1 aromatic carbocycles. The topological polar surface area (TPSA) is 69.7 Å². The highest BCUT2D eigenvalue weighted by molar-refractivity contribution is 7.89. The molecule has 1 aliphatic heterocycles. The van der Waals surface area contributed by atoms with E-state index in [2.05, 4.69) is 5.32 Å². The quantitative estimate of drug-likeness (QED) is 0.789. The first-order valence-electron chi connectivity index (χ1n) is 9.61.